The fourth-order valence-electron chi connectivity index (χ4n) is 0.658. The second-order valence-electron chi connectivity index (χ2n) is 2.93. The normalized spacial score (nSPS) is 12.8. The molecule has 70 valence electrons. The Labute approximate surface area is 77.5 Å². The molecule has 4 heteroatoms. The first-order valence-corrected chi connectivity index (χ1v) is 4.36. The van der Waals surface area contributed by atoms with Crippen LogP contribution in [-0.2, 0) is 9.59 Å². The molecule has 0 saturated carbocycles. The van der Waals surface area contributed by atoms with Crippen LogP contribution in [0.4, 0.5) is 0 Å². The van der Waals surface area contributed by atoms with Gasteiger partial charge in [0, 0.05) is 5.92 Å². The molecule has 0 rings (SSSR count). The van der Waals surface area contributed by atoms with Gasteiger partial charge >= 0.3 is 0 Å². The van der Waals surface area contributed by atoms with Crippen LogP contribution in [0.15, 0.2) is 0 Å². The van der Waals surface area contributed by atoms with Crippen LogP contribution in [0.3, 0.4) is 0 Å². The van der Waals surface area contributed by atoms with Crippen LogP contribution >= 0.6 is 11.6 Å². The van der Waals surface area contributed by atoms with Crippen molar-refractivity contribution < 1.29 is 9.59 Å². The van der Waals surface area contributed by atoms with Crippen LogP contribution in [0.5, 0.6) is 0 Å². The van der Waals surface area contributed by atoms with Gasteiger partial charge in [0.2, 0.25) is 11.1 Å². The Balaban J connectivity index is 4.03. The van der Waals surface area contributed by atoms with E-state index in [0.717, 1.165) is 0 Å². The smallest absolute Gasteiger partial charge is 0.243 e. The molecule has 0 bridgehead atoms. The zero-order chi connectivity index (χ0) is 9.72. The Morgan fingerprint density at radius 1 is 1.42 bits per heavy atom. The van der Waals surface area contributed by atoms with E-state index in [1.165, 1.54) is 0 Å². The van der Waals surface area contributed by atoms with Gasteiger partial charge in [0.15, 0.2) is 0 Å². The molecule has 0 heterocycles. The predicted molar refractivity (Wildman–Crippen MR) is 47.9 cm³/mol. The highest BCUT2D eigenvalue weighted by Crippen LogP contribution is 1.99. The molecule has 0 aliphatic heterocycles. The third kappa shape index (κ3) is 3.72. The number of carbonyl (C=O) groups is 2. The third-order valence-electron chi connectivity index (χ3n) is 1.52. The van der Waals surface area contributed by atoms with Crippen molar-refractivity contribution in [2.45, 2.75) is 33.2 Å². The Morgan fingerprint density at radius 3 is 2.17 bits per heavy atom. The zero-order valence-corrected chi connectivity index (χ0v) is 8.31. The molecule has 0 radical (unpaired) electrons. The van der Waals surface area contributed by atoms with Gasteiger partial charge < -0.3 is 5.32 Å². The van der Waals surface area contributed by atoms with Crippen LogP contribution in [0.1, 0.15) is 27.2 Å². The van der Waals surface area contributed by atoms with E-state index in [0.29, 0.717) is 6.42 Å². The summed E-state index contributed by atoms with van der Waals surface area (Å²) in [7, 11) is 0. The zero-order valence-electron chi connectivity index (χ0n) is 7.56. The predicted octanol–water partition coefficient (Wildman–Crippen LogP) is 1.30. The first-order chi connectivity index (χ1) is 5.49. The Bertz CT molecular complexity index is 180. The third-order valence-corrected chi connectivity index (χ3v) is 1.79. The summed E-state index contributed by atoms with van der Waals surface area (Å²) in [5, 5.41) is 2.04. The van der Waals surface area contributed by atoms with Crippen LogP contribution in [0, 0.1) is 5.92 Å². The second kappa shape index (κ2) is 5.14. The number of nitrogens with one attached hydrogen (secondary N) is 1. The molecule has 3 nitrogen and oxygen atoms in total. The largest absolute Gasteiger partial charge is 0.345 e. The highest BCUT2D eigenvalue weighted by Gasteiger charge is 2.17. The minimum Gasteiger partial charge on any atom is -0.345 e. The minimum absolute atomic E-state index is 0.116. The van der Waals surface area contributed by atoms with Gasteiger partial charge in [-0.25, -0.2) is 0 Å². The van der Waals surface area contributed by atoms with Crippen molar-refractivity contribution in [3.05, 3.63) is 0 Å². The fourth-order valence-corrected chi connectivity index (χ4v) is 0.867. The summed E-state index contributed by atoms with van der Waals surface area (Å²) in [6.45, 7) is 5.33. The van der Waals surface area contributed by atoms with Crippen molar-refractivity contribution in [1.29, 1.82) is 0 Å². The lowest BCUT2D eigenvalue weighted by Crippen LogP contribution is -2.40. The molecular weight excluding hydrogens is 178 g/mol. The molecule has 1 amide bonds. The van der Waals surface area contributed by atoms with Crippen LogP contribution in [0.25, 0.3) is 0 Å². The maximum atomic E-state index is 11.1. The van der Waals surface area contributed by atoms with Crippen molar-refractivity contribution in [2.75, 3.05) is 0 Å². The lowest BCUT2D eigenvalue weighted by atomic mass is 10.2. The summed E-state index contributed by atoms with van der Waals surface area (Å²) in [5.74, 6) is -0.258. The van der Waals surface area contributed by atoms with E-state index in [2.05, 4.69) is 5.32 Å². The Morgan fingerprint density at radius 2 is 1.92 bits per heavy atom. The summed E-state index contributed by atoms with van der Waals surface area (Å²) in [6, 6.07) is -0.540. The van der Waals surface area contributed by atoms with E-state index in [-0.39, 0.29) is 11.8 Å². The summed E-state index contributed by atoms with van der Waals surface area (Å²) < 4.78 is 0. The van der Waals surface area contributed by atoms with Gasteiger partial charge in [-0.05, 0) is 18.0 Å². The molecule has 1 atom stereocenters. The highest BCUT2D eigenvalue weighted by molar-refractivity contribution is 6.64. The van der Waals surface area contributed by atoms with Crippen LogP contribution in [0.2, 0.25) is 0 Å². The van der Waals surface area contributed by atoms with Gasteiger partial charge in [0.1, 0.15) is 6.04 Å². The Hall–Kier alpha value is -0.570. The van der Waals surface area contributed by atoms with Crippen LogP contribution < -0.4 is 5.32 Å². The minimum atomic E-state index is -0.540. The van der Waals surface area contributed by atoms with Crippen molar-refractivity contribution >= 4 is 22.8 Å². The van der Waals surface area contributed by atoms with Crippen molar-refractivity contribution in [2.24, 2.45) is 5.92 Å². The average molecular weight is 192 g/mol. The van der Waals surface area contributed by atoms with E-state index in [1.807, 2.05) is 0 Å². The first-order valence-electron chi connectivity index (χ1n) is 3.98. The number of amides is 1. The van der Waals surface area contributed by atoms with Crippen molar-refractivity contribution in [3.8, 4) is 0 Å². The topological polar surface area (TPSA) is 46.2 Å². The van der Waals surface area contributed by atoms with E-state index in [9.17, 15) is 9.59 Å². The summed E-state index contributed by atoms with van der Waals surface area (Å²) in [5.41, 5.74) is 0. The number of rotatable bonds is 4. The second-order valence-corrected chi connectivity index (χ2v) is 3.30. The number of hydrogen-bond donors (Lipinski definition) is 1. The van der Waals surface area contributed by atoms with E-state index >= 15 is 0 Å². The van der Waals surface area contributed by atoms with Crippen molar-refractivity contribution in [1.82, 2.24) is 5.32 Å². The molecule has 12 heavy (non-hydrogen) atoms. The summed E-state index contributed by atoms with van der Waals surface area (Å²) >= 11 is 5.24. The first kappa shape index (κ1) is 11.4. The maximum Gasteiger partial charge on any atom is 0.243 e. The molecule has 0 spiro atoms. The molecule has 0 aromatic carbocycles. The molecule has 1 N–H and O–H groups in total. The lowest BCUT2D eigenvalue weighted by molar-refractivity contribution is -0.127. The molecule has 0 aromatic heterocycles. The molecule has 0 saturated heterocycles. The van der Waals surface area contributed by atoms with Gasteiger partial charge in [-0.1, -0.05) is 20.8 Å². The highest BCUT2D eigenvalue weighted by atomic mass is 35.5. The van der Waals surface area contributed by atoms with E-state index in [4.69, 9.17) is 11.6 Å². The SMILES string of the molecule is CCC(NC(=O)C(C)C)C(=O)Cl. The quantitative estimate of drug-likeness (QED) is 0.681. The standard InChI is InChI=1S/C8H14ClNO2/c1-4-6(7(9)11)10-8(12)5(2)3/h5-6H,4H2,1-3H3,(H,10,12). The molecule has 0 aliphatic rings. The molecular formula is C8H14ClNO2. The Kier molecular flexibility index (Phi) is 4.90. The number of hydrogen-bond acceptors (Lipinski definition) is 2. The number of halogens is 1. The van der Waals surface area contributed by atoms with Gasteiger partial charge in [0.05, 0.1) is 0 Å². The van der Waals surface area contributed by atoms with Gasteiger partial charge in [0.25, 0.3) is 0 Å². The average Bonchev–Trinajstić information content (AvgIpc) is 1.98. The molecule has 1 unspecified atom stereocenters. The van der Waals surface area contributed by atoms with Gasteiger partial charge in [-0.2, -0.15) is 0 Å². The maximum absolute atomic E-state index is 11.1. The van der Waals surface area contributed by atoms with E-state index in [1.54, 1.807) is 20.8 Å². The van der Waals surface area contributed by atoms with Crippen molar-refractivity contribution in [3.63, 3.8) is 0 Å². The summed E-state index contributed by atoms with van der Waals surface area (Å²) in [6.07, 6.45) is 0.529. The summed E-state index contributed by atoms with van der Waals surface area (Å²) in [4.78, 5) is 21.8. The number of carbonyl (C=O) groups excluding carboxylic acids is 2. The molecule has 0 aromatic rings. The van der Waals surface area contributed by atoms with Crippen LogP contribution in [-0.4, -0.2) is 17.2 Å². The van der Waals surface area contributed by atoms with Gasteiger partial charge in [-0.15, -0.1) is 0 Å². The monoisotopic (exact) mass is 191 g/mol. The van der Waals surface area contributed by atoms with E-state index < -0.39 is 11.3 Å². The molecule has 0 aliphatic carbocycles. The molecule has 0 fully saturated rings. The van der Waals surface area contributed by atoms with Gasteiger partial charge in [-0.3, -0.25) is 9.59 Å². The fraction of sp³-hybridized carbons (Fsp3) is 0.750. The lowest BCUT2D eigenvalue weighted by Gasteiger charge is -2.13.